The van der Waals surface area contributed by atoms with E-state index in [0.717, 1.165) is 0 Å². The quantitative estimate of drug-likeness (QED) is 0.320. The predicted octanol–water partition coefficient (Wildman–Crippen LogP) is -0.0464. The molecular formula is C7H10O4. The van der Waals surface area contributed by atoms with Crippen LogP contribution in [0.5, 0.6) is 0 Å². The van der Waals surface area contributed by atoms with Crippen LogP contribution in [0.4, 0.5) is 0 Å². The molecule has 0 aliphatic rings. The highest BCUT2D eigenvalue weighted by atomic mass is 16.5. The zero-order valence-electron chi connectivity index (χ0n) is 6.28. The van der Waals surface area contributed by atoms with Crippen LogP contribution in [0.3, 0.4) is 0 Å². The summed E-state index contributed by atoms with van der Waals surface area (Å²) in [6.45, 7) is 2.07. The Kier molecular flexibility index (Phi) is 4.98. The van der Waals surface area contributed by atoms with E-state index in [4.69, 9.17) is 0 Å². The SMILES string of the molecule is CCCOC(=O)C(C=O)C=O. The van der Waals surface area contributed by atoms with Crippen molar-refractivity contribution in [2.24, 2.45) is 5.92 Å². The van der Waals surface area contributed by atoms with E-state index < -0.39 is 11.9 Å². The molecule has 0 saturated carbocycles. The van der Waals surface area contributed by atoms with E-state index in [9.17, 15) is 14.4 Å². The first-order chi connectivity index (χ1) is 5.26. The Bertz CT molecular complexity index is 145. The molecule has 0 aromatic carbocycles. The van der Waals surface area contributed by atoms with E-state index in [1.54, 1.807) is 0 Å². The van der Waals surface area contributed by atoms with Gasteiger partial charge in [0.1, 0.15) is 12.6 Å². The number of carbonyl (C=O) groups is 3. The summed E-state index contributed by atoms with van der Waals surface area (Å²) in [6, 6.07) is 0. The number of aldehydes is 2. The maximum atomic E-state index is 10.7. The molecule has 0 aromatic heterocycles. The van der Waals surface area contributed by atoms with Gasteiger partial charge in [0.15, 0.2) is 5.92 Å². The van der Waals surface area contributed by atoms with Crippen molar-refractivity contribution in [1.29, 1.82) is 0 Å². The summed E-state index contributed by atoms with van der Waals surface area (Å²) in [6.07, 6.45) is 1.21. The van der Waals surface area contributed by atoms with E-state index >= 15 is 0 Å². The summed E-state index contributed by atoms with van der Waals surface area (Å²) in [5.41, 5.74) is 0. The first kappa shape index (κ1) is 9.81. The van der Waals surface area contributed by atoms with Crippen LogP contribution in [0, 0.1) is 5.92 Å². The average molecular weight is 158 g/mol. The fraction of sp³-hybridized carbons (Fsp3) is 0.571. The van der Waals surface area contributed by atoms with E-state index in [2.05, 4.69) is 4.74 Å². The molecule has 0 atom stereocenters. The van der Waals surface area contributed by atoms with Crippen LogP contribution in [0.25, 0.3) is 0 Å². The van der Waals surface area contributed by atoms with Gasteiger partial charge in [0.25, 0.3) is 0 Å². The van der Waals surface area contributed by atoms with Crippen molar-refractivity contribution >= 4 is 18.5 Å². The molecular weight excluding hydrogens is 148 g/mol. The Morgan fingerprint density at radius 1 is 1.45 bits per heavy atom. The molecule has 0 aliphatic carbocycles. The smallest absolute Gasteiger partial charge is 0.323 e. The van der Waals surface area contributed by atoms with Crippen molar-refractivity contribution < 1.29 is 19.1 Å². The van der Waals surface area contributed by atoms with Crippen LogP contribution in [-0.2, 0) is 19.1 Å². The van der Waals surface area contributed by atoms with E-state index in [0.29, 0.717) is 6.42 Å². The number of rotatable bonds is 5. The highest BCUT2D eigenvalue weighted by Crippen LogP contribution is 1.92. The van der Waals surface area contributed by atoms with Crippen LogP contribution in [0.15, 0.2) is 0 Å². The first-order valence-electron chi connectivity index (χ1n) is 3.33. The second kappa shape index (κ2) is 5.58. The molecule has 0 aliphatic heterocycles. The standard InChI is InChI=1S/C7H10O4/c1-2-3-11-7(10)6(4-8)5-9/h4-6H,2-3H2,1H3. The van der Waals surface area contributed by atoms with Crippen LogP contribution in [0.1, 0.15) is 13.3 Å². The van der Waals surface area contributed by atoms with Crippen LogP contribution < -0.4 is 0 Å². The normalized spacial score (nSPS) is 9.27. The Morgan fingerprint density at radius 2 is 2.00 bits per heavy atom. The van der Waals surface area contributed by atoms with Gasteiger partial charge in [-0.25, -0.2) is 0 Å². The molecule has 0 amide bonds. The van der Waals surface area contributed by atoms with E-state index in [1.165, 1.54) is 0 Å². The Labute approximate surface area is 64.5 Å². The van der Waals surface area contributed by atoms with Gasteiger partial charge in [-0.2, -0.15) is 0 Å². The molecule has 0 heterocycles. The third kappa shape index (κ3) is 3.50. The molecule has 62 valence electrons. The van der Waals surface area contributed by atoms with Crippen molar-refractivity contribution in [1.82, 2.24) is 0 Å². The van der Waals surface area contributed by atoms with Gasteiger partial charge in [-0.3, -0.25) is 4.79 Å². The molecule has 0 fully saturated rings. The predicted molar refractivity (Wildman–Crippen MR) is 36.9 cm³/mol. The van der Waals surface area contributed by atoms with Crippen molar-refractivity contribution in [2.45, 2.75) is 13.3 Å². The van der Waals surface area contributed by atoms with Gasteiger partial charge in [-0.05, 0) is 6.42 Å². The topological polar surface area (TPSA) is 60.4 Å². The average Bonchev–Trinajstić information content (AvgIpc) is 2.03. The fourth-order valence-electron chi connectivity index (χ4n) is 0.442. The highest BCUT2D eigenvalue weighted by molar-refractivity contribution is 6.02. The maximum absolute atomic E-state index is 10.7. The Balaban J connectivity index is 3.79. The second-order valence-electron chi connectivity index (χ2n) is 1.97. The number of hydrogen-bond acceptors (Lipinski definition) is 4. The molecule has 0 radical (unpaired) electrons. The van der Waals surface area contributed by atoms with Gasteiger partial charge in [0, 0.05) is 0 Å². The van der Waals surface area contributed by atoms with E-state index in [1.807, 2.05) is 6.92 Å². The summed E-state index contributed by atoms with van der Waals surface area (Å²) in [5.74, 6) is -2.02. The summed E-state index contributed by atoms with van der Waals surface area (Å²) >= 11 is 0. The lowest BCUT2D eigenvalue weighted by molar-refractivity contribution is -0.150. The van der Waals surface area contributed by atoms with E-state index in [-0.39, 0.29) is 19.2 Å². The Morgan fingerprint density at radius 3 is 2.36 bits per heavy atom. The number of ether oxygens (including phenoxy) is 1. The van der Waals surface area contributed by atoms with Crippen molar-refractivity contribution in [2.75, 3.05) is 6.61 Å². The summed E-state index contributed by atoms with van der Waals surface area (Å²) in [4.78, 5) is 30.7. The number of esters is 1. The van der Waals surface area contributed by atoms with Crippen molar-refractivity contribution in [3.8, 4) is 0 Å². The Hall–Kier alpha value is -1.19. The number of hydrogen-bond donors (Lipinski definition) is 0. The van der Waals surface area contributed by atoms with Crippen molar-refractivity contribution in [3.63, 3.8) is 0 Å². The molecule has 0 rings (SSSR count). The molecule has 4 heteroatoms. The zero-order chi connectivity index (χ0) is 8.69. The highest BCUT2D eigenvalue weighted by Gasteiger charge is 2.17. The summed E-state index contributed by atoms with van der Waals surface area (Å²) in [7, 11) is 0. The lowest BCUT2D eigenvalue weighted by atomic mass is 10.2. The summed E-state index contributed by atoms with van der Waals surface area (Å²) in [5, 5.41) is 0. The van der Waals surface area contributed by atoms with Gasteiger partial charge in [-0.15, -0.1) is 0 Å². The lowest BCUT2D eigenvalue weighted by Gasteiger charge is -2.02. The maximum Gasteiger partial charge on any atom is 0.323 e. The molecule has 4 nitrogen and oxygen atoms in total. The van der Waals surface area contributed by atoms with Crippen LogP contribution >= 0.6 is 0 Å². The molecule has 0 spiro atoms. The van der Waals surface area contributed by atoms with Gasteiger partial charge >= 0.3 is 5.97 Å². The van der Waals surface area contributed by atoms with Crippen LogP contribution in [0.2, 0.25) is 0 Å². The largest absolute Gasteiger partial charge is 0.465 e. The fourth-order valence-corrected chi connectivity index (χ4v) is 0.442. The van der Waals surface area contributed by atoms with Crippen LogP contribution in [-0.4, -0.2) is 25.1 Å². The van der Waals surface area contributed by atoms with Gasteiger partial charge in [0.2, 0.25) is 0 Å². The van der Waals surface area contributed by atoms with Gasteiger partial charge in [0.05, 0.1) is 6.61 Å². The zero-order valence-corrected chi connectivity index (χ0v) is 6.28. The second-order valence-corrected chi connectivity index (χ2v) is 1.97. The first-order valence-corrected chi connectivity index (χ1v) is 3.33. The number of carbonyl (C=O) groups excluding carboxylic acids is 3. The van der Waals surface area contributed by atoms with Crippen molar-refractivity contribution in [3.05, 3.63) is 0 Å². The third-order valence-electron chi connectivity index (χ3n) is 1.01. The molecule has 0 bridgehead atoms. The minimum absolute atomic E-state index is 0.247. The molecule has 0 unspecified atom stereocenters. The summed E-state index contributed by atoms with van der Waals surface area (Å²) < 4.78 is 4.53. The minimum Gasteiger partial charge on any atom is -0.465 e. The monoisotopic (exact) mass is 158 g/mol. The molecule has 0 N–H and O–H groups in total. The van der Waals surface area contributed by atoms with Gasteiger partial charge in [-0.1, -0.05) is 6.92 Å². The molecule has 0 aromatic rings. The minimum atomic E-state index is -1.25. The third-order valence-corrected chi connectivity index (χ3v) is 1.01. The molecule has 11 heavy (non-hydrogen) atoms. The lowest BCUT2D eigenvalue weighted by Crippen LogP contribution is -2.20. The van der Waals surface area contributed by atoms with Gasteiger partial charge < -0.3 is 14.3 Å². The molecule has 0 saturated heterocycles.